The number of hydrogen-bond donors (Lipinski definition) is 3. The van der Waals surface area contributed by atoms with Crippen LogP contribution in [0.1, 0.15) is 20.3 Å². The fourth-order valence-corrected chi connectivity index (χ4v) is 1.15. The van der Waals surface area contributed by atoms with Crippen molar-refractivity contribution in [2.45, 2.75) is 20.3 Å². The number of benzene rings is 1. The summed E-state index contributed by atoms with van der Waals surface area (Å²) in [4.78, 5) is 11.8. The second-order valence-corrected chi connectivity index (χ2v) is 4.02. The highest BCUT2D eigenvalue weighted by molar-refractivity contribution is 5.83. The van der Waals surface area contributed by atoms with E-state index in [1.54, 1.807) is 6.92 Å². The molecule has 0 aliphatic heterocycles. The van der Waals surface area contributed by atoms with Crippen molar-refractivity contribution in [2.24, 2.45) is 5.41 Å². The van der Waals surface area contributed by atoms with Gasteiger partial charge in [0.1, 0.15) is 0 Å². The minimum Gasteiger partial charge on any atom is -0.395 e. The van der Waals surface area contributed by atoms with E-state index < -0.39 is 5.41 Å². The van der Waals surface area contributed by atoms with Crippen LogP contribution in [0.4, 0.5) is 5.69 Å². The maximum Gasteiger partial charge on any atom is 0.246 e. The highest BCUT2D eigenvalue weighted by Crippen LogP contribution is 2.19. The van der Waals surface area contributed by atoms with Gasteiger partial charge in [0.05, 0.1) is 17.7 Å². The molecule has 0 spiro atoms. The van der Waals surface area contributed by atoms with E-state index in [0.29, 0.717) is 6.42 Å². The van der Waals surface area contributed by atoms with Gasteiger partial charge in [-0.3, -0.25) is 15.6 Å². The van der Waals surface area contributed by atoms with Gasteiger partial charge in [0, 0.05) is 0 Å². The summed E-state index contributed by atoms with van der Waals surface area (Å²) in [5.74, 6) is -0.207. The second kappa shape index (κ2) is 5.51. The summed E-state index contributed by atoms with van der Waals surface area (Å²) in [6.45, 7) is 3.44. The number of para-hydroxylation sites is 1. The van der Waals surface area contributed by atoms with Crippen molar-refractivity contribution in [3.8, 4) is 0 Å². The first-order valence-corrected chi connectivity index (χ1v) is 5.35. The monoisotopic (exact) mass is 222 g/mol. The van der Waals surface area contributed by atoms with E-state index in [-0.39, 0.29) is 12.5 Å². The third-order valence-electron chi connectivity index (χ3n) is 2.77. The summed E-state index contributed by atoms with van der Waals surface area (Å²) < 4.78 is 0. The fourth-order valence-electron chi connectivity index (χ4n) is 1.15. The molecule has 1 aromatic carbocycles. The van der Waals surface area contributed by atoms with Crippen molar-refractivity contribution in [1.29, 1.82) is 0 Å². The number of nitrogens with one attached hydrogen (secondary N) is 2. The fraction of sp³-hybridized carbons (Fsp3) is 0.417. The van der Waals surface area contributed by atoms with Crippen LogP contribution < -0.4 is 10.9 Å². The van der Waals surface area contributed by atoms with Gasteiger partial charge >= 0.3 is 0 Å². The van der Waals surface area contributed by atoms with E-state index in [9.17, 15) is 4.79 Å². The van der Waals surface area contributed by atoms with Gasteiger partial charge in [0.2, 0.25) is 5.91 Å². The Labute approximate surface area is 95.6 Å². The normalized spacial score (nSPS) is 13.9. The number of rotatable bonds is 5. The van der Waals surface area contributed by atoms with Gasteiger partial charge in [-0.25, -0.2) is 0 Å². The predicted molar refractivity (Wildman–Crippen MR) is 63.7 cm³/mol. The number of aliphatic hydroxyl groups excluding tert-OH is 1. The maximum absolute atomic E-state index is 11.8. The molecule has 0 aromatic heterocycles. The molecule has 1 amide bonds. The Morgan fingerprint density at radius 2 is 2.00 bits per heavy atom. The molecule has 1 rings (SSSR count). The van der Waals surface area contributed by atoms with Crippen LogP contribution in [0.15, 0.2) is 30.3 Å². The molecule has 16 heavy (non-hydrogen) atoms. The number of carbonyl (C=O) groups is 1. The first-order chi connectivity index (χ1) is 7.62. The van der Waals surface area contributed by atoms with E-state index in [0.717, 1.165) is 5.69 Å². The minimum atomic E-state index is -0.734. The van der Waals surface area contributed by atoms with E-state index in [1.165, 1.54) is 0 Å². The van der Waals surface area contributed by atoms with Crippen LogP contribution in [-0.4, -0.2) is 17.6 Å². The minimum absolute atomic E-state index is 0.161. The summed E-state index contributed by atoms with van der Waals surface area (Å²) in [5.41, 5.74) is 5.48. The topological polar surface area (TPSA) is 61.4 Å². The van der Waals surface area contributed by atoms with Crippen molar-refractivity contribution in [3.05, 3.63) is 30.3 Å². The highest BCUT2D eigenvalue weighted by Gasteiger charge is 2.30. The van der Waals surface area contributed by atoms with Crippen LogP contribution in [-0.2, 0) is 4.79 Å². The number of anilines is 1. The van der Waals surface area contributed by atoms with Crippen molar-refractivity contribution >= 4 is 11.6 Å². The predicted octanol–water partition coefficient (Wildman–Crippen LogP) is 1.54. The lowest BCUT2D eigenvalue weighted by Gasteiger charge is -2.24. The third kappa shape index (κ3) is 2.97. The molecule has 1 atom stereocenters. The van der Waals surface area contributed by atoms with Gasteiger partial charge in [-0.1, -0.05) is 25.1 Å². The molecular formula is C12H18N2O2. The van der Waals surface area contributed by atoms with Crippen LogP contribution in [0, 0.1) is 5.41 Å². The van der Waals surface area contributed by atoms with E-state index in [1.807, 2.05) is 37.3 Å². The van der Waals surface area contributed by atoms with Crippen LogP contribution in [0.3, 0.4) is 0 Å². The smallest absolute Gasteiger partial charge is 0.246 e. The lowest BCUT2D eigenvalue weighted by molar-refractivity contribution is -0.132. The Bertz CT molecular complexity index is 334. The zero-order valence-corrected chi connectivity index (χ0v) is 9.66. The molecule has 0 aliphatic rings. The average Bonchev–Trinajstić information content (AvgIpc) is 2.36. The second-order valence-electron chi connectivity index (χ2n) is 4.02. The zero-order valence-electron chi connectivity index (χ0n) is 9.66. The number of aliphatic hydroxyl groups is 1. The Morgan fingerprint density at radius 3 is 2.50 bits per heavy atom. The number of hydrazine groups is 1. The molecule has 88 valence electrons. The van der Waals surface area contributed by atoms with Crippen LogP contribution in [0.5, 0.6) is 0 Å². The van der Waals surface area contributed by atoms with E-state index in [2.05, 4.69) is 10.9 Å². The summed E-state index contributed by atoms with van der Waals surface area (Å²) in [5, 5.41) is 9.16. The van der Waals surface area contributed by atoms with E-state index >= 15 is 0 Å². The van der Waals surface area contributed by atoms with Crippen molar-refractivity contribution in [3.63, 3.8) is 0 Å². The van der Waals surface area contributed by atoms with Gasteiger partial charge in [-0.05, 0) is 25.5 Å². The Morgan fingerprint density at radius 1 is 1.38 bits per heavy atom. The van der Waals surface area contributed by atoms with Crippen LogP contribution in [0.2, 0.25) is 0 Å². The maximum atomic E-state index is 11.8. The quantitative estimate of drug-likeness (QED) is 0.662. The molecular weight excluding hydrogens is 204 g/mol. The SMILES string of the molecule is CCC(C)(CO)C(=O)NNc1ccccc1. The first-order valence-electron chi connectivity index (χ1n) is 5.35. The average molecular weight is 222 g/mol. The molecule has 3 N–H and O–H groups in total. The lowest BCUT2D eigenvalue weighted by Crippen LogP contribution is -2.43. The van der Waals surface area contributed by atoms with Gasteiger partial charge < -0.3 is 5.11 Å². The highest BCUT2D eigenvalue weighted by atomic mass is 16.3. The molecule has 1 aromatic rings. The van der Waals surface area contributed by atoms with Crippen molar-refractivity contribution in [1.82, 2.24) is 5.43 Å². The summed E-state index contributed by atoms with van der Waals surface area (Å²) in [7, 11) is 0. The molecule has 4 heteroatoms. The number of carbonyl (C=O) groups excluding carboxylic acids is 1. The van der Waals surface area contributed by atoms with Crippen molar-refractivity contribution in [2.75, 3.05) is 12.0 Å². The van der Waals surface area contributed by atoms with E-state index in [4.69, 9.17) is 5.11 Å². The zero-order chi connectivity index (χ0) is 12.0. The van der Waals surface area contributed by atoms with Gasteiger partial charge in [0.15, 0.2) is 0 Å². The molecule has 0 fully saturated rings. The largest absolute Gasteiger partial charge is 0.395 e. The Balaban J connectivity index is 2.53. The standard InChI is InChI=1S/C12H18N2O2/c1-3-12(2,9-15)11(16)14-13-10-7-5-4-6-8-10/h4-8,13,15H,3,9H2,1-2H3,(H,14,16). The Kier molecular flexibility index (Phi) is 4.31. The Hall–Kier alpha value is -1.55. The summed E-state index contributed by atoms with van der Waals surface area (Å²) in [6, 6.07) is 9.35. The molecule has 0 aliphatic carbocycles. The molecule has 4 nitrogen and oxygen atoms in total. The number of amides is 1. The summed E-state index contributed by atoms with van der Waals surface area (Å²) >= 11 is 0. The van der Waals surface area contributed by atoms with Gasteiger partial charge in [-0.15, -0.1) is 0 Å². The molecule has 0 heterocycles. The van der Waals surface area contributed by atoms with Crippen LogP contribution >= 0.6 is 0 Å². The van der Waals surface area contributed by atoms with Gasteiger partial charge in [-0.2, -0.15) is 0 Å². The molecule has 0 saturated carbocycles. The molecule has 0 bridgehead atoms. The third-order valence-corrected chi connectivity index (χ3v) is 2.77. The van der Waals surface area contributed by atoms with Crippen LogP contribution in [0.25, 0.3) is 0 Å². The summed E-state index contributed by atoms with van der Waals surface area (Å²) in [6.07, 6.45) is 0.589. The number of hydrogen-bond acceptors (Lipinski definition) is 3. The molecule has 1 unspecified atom stereocenters. The molecule has 0 saturated heterocycles. The lowest BCUT2D eigenvalue weighted by atomic mass is 9.88. The molecule has 0 radical (unpaired) electrons. The first kappa shape index (κ1) is 12.5. The van der Waals surface area contributed by atoms with Crippen molar-refractivity contribution < 1.29 is 9.90 Å². The van der Waals surface area contributed by atoms with Gasteiger partial charge in [0.25, 0.3) is 0 Å².